The molecule has 1 saturated heterocycles. The summed E-state index contributed by atoms with van der Waals surface area (Å²) < 4.78 is 0. The molecule has 0 aliphatic carbocycles. The molecular weight excluding hydrogens is 234 g/mol. The Balaban J connectivity index is 1.92. The second kappa shape index (κ2) is 6.40. The molecule has 1 unspecified atom stereocenters. The highest BCUT2D eigenvalue weighted by Crippen LogP contribution is 2.19. The highest BCUT2D eigenvalue weighted by Gasteiger charge is 2.25. The molecule has 0 radical (unpaired) electrons. The first-order chi connectivity index (χ1) is 9.13. The molecule has 1 aromatic carbocycles. The number of nitrogens with two attached hydrogens (primary N) is 1. The maximum absolute atomic E-state index is 5.87. The number of likely N-dealkylation sites (N-methyl/N-ethyl adjacent to an activating group) is 1. The van der Waals surface area contributed by atoms with E-state index in [-0.39, 0.29) is 0 Å². The number of nitrogen functional groups attached to an aromatic ring is 1. The van der Waals surface area contributed by atoms with Crippen molar-refractivity contribution in [2.24, 2.45) is 0 Å². The van der Waals surface area contributed by atoms with Crippen LogP contribution in [0.3, 0.4) is 0 Å². The molecule has 19 heavy (non-hydrogen) atoms. The lowest BCUT2D eigenvalue weighted by molar-refractivity contribution is 0.209. The van der Waals surface area contributed by atoms with Crippen LogP contribution in [0.2, 0.25) is 0 Å². The third kappa shape index (κ3) is 3.48. The van der Waals surface area contributed by atoms with Crippen LogP contribution in [0.5, 0.6) is 0 Å². The zero-order chi connectivity index (χ0) is 13.8. The van der Waals surface area contributed by atoms with E-state index in [1.54, 1.807) is 0 Å². The Bertz CT molecular complexity index is 412. The van der Waals surface area contributed by atoms with E-state index in [4.69, 9.17) is 5.73 Å². The monoisotopic (exact) mass is 261 g/mol. The smallest absolute Gasteiger partial charge is 0.0343 e. The maximum atomic E-state index is 5.87. The van der Waals surface area contributed by atoms with Crippen LogP contribution in [0, 0.1) is 6.92 Å². The lowest BCUT2D eigenvalue weighted by atomic mass is 10.1. The second-order valence-corrected chi connectivity index (χ2v) is 5.59. The van der Waals surface area contributed by atoms with Gasteiger partial charge in [-0.1, -0.05) is 26.0 Å². The van der Waals surface area contributed by atoms with Crippen molar-refractivity contribution in [3.8, 4) is 0 Å². The lowest BCUT2D eigenvalue weighted by Gasteiger charge is -2.26. The molecule has 1 aromatic rings. The van der Waals surface area contributed by atoms with Crippen LogP contribution in [-0.4, -0.2) is 42.0 Å². The van der Waals surface area contributed by atoms with Gasteiger partial charge in [0.25, 0.3) is 0 Å². The summed E-state index contributed by atoms with van der Waals surface area (Å²) in [7, 11) is 0. The van der Waals surface area contributed by atoms with E-state index in [0.29, 0.717) is 0 Å². The Labute approximate surface area is 117 Å². The largest absolute Gasteiger partial charge is 0.399 e. The van der Waals surface area contributed by atoms with Crippen molar-refractivity contribution in [1.82, 2.24) is 9.80 Å². The standard InChI is InChI=1S/C16H27N3/c1-4-19(5-2)15-8-9-18(12-15)11-14-6-7-16(17)13(3)10-14/h6-7,10,15H,4-5,8-9,11-12,17H2,1-3H3. The van der Waals surface area contributed by atoms with Crippen molar-refractivity contribution >= 4 is 5.69 Å². The van der Waals surface area contributed by atoms with Crippen LogP contribution in [0.4, 0.5) is 5.69 Å². The van der Waals surface area contributed by atoms with E-state index < -0.39 is 0 Å². The Hall–Kier alpha value is -1.06. The molecule has 1 heterocycles. The van der Waals surface area contributed by atoms with Gasteiger partial charge < -0.3 is 5.73 Å². The maximum Gasteiger partial charge on any atom is 0.0343 e. The molecule has 3 heteroatoms. The Morgan fingerprint density at radius 2 is 2.05 bits per heavy atom. The van der Waals surface area contributed by atoms with Gasteiger partial charge in [0.15, 0.2) is 0 Å². The van der Waals surface area contributed by atoms with Gasteiger partial charge in [-0.2, -0.15) is 0 Å². The Morgan fingerprint density at radius 1 is 1.32 bits per heavy atom. The highest BCUT2D eigenvalue weighted by molar-refractivity contribution is 5.47. The minimum Gasteiger partial charge on any atom is -0.399 e. The van der Waals surface area contributed by atoms with E-state index in [9.17, 15) is 0 Å². The van der Waals surface area contributed by atoms with Crippen LogP contribution in [-0.2, 0) is 6.54 Å². The van der Waals surface area contributed by atoms with Gasteiger partial charge in [-0.3, -0.25) is 9.80 Å². The molecule has 1 fully saturated rings. The molecule has 3 nitrogen and oxygen atoms in total. The van der Waals surface area contributed by atoms with E-state index in [1.807, 2.05) is 6.07 Å². The van der Waals surface area contributed by atoms with Crippen LogP contribution < -0.4 is 5.73 Å². The van der Waals surface area contributed by atoms with Crippen molar-refractivity contribution in [3.63, 3.8) is 0 Å². The topological polar surface area (TPSA) is 32.5 Å². The number of aryl methyl sites for hydroxylation is 1. The number of nitrogens with zero attached hydrogens (tertiary/aromatic N) is 2. The minimum absolute atomic E-state index is 0.741. The van der Waals surface area contributed by atoms with Gasteiger partial charge >= 0.3 is 0 Å². The average Bonchev–Trinajstić information content (AvgIpc) is 2.84. The van der Waals surface area contributed by atoms with Gasteiger partial charge in [0, 0.05) is 31.4 Å². The number of rotatable bonds is 5. The van der Waals surface area contributed by atoms with Crippen molar-refractivity contribution < 1.29 is 0 Å². The summed E-state index contributed by atoms with van der Waals surface area (Å²) in [6.07, 6.45) is 1.30. The van der Waals surface area contributed by atoms with Gasteiger partial charge in [0.2, 0.25) is 0 Å². The molecule has 2 N–H and O–H groups in total. The molecule has 1 aliphatic rings. The SMILES string of the molecule is CCN(CC)C1CCN(Cc2ccc(N)c(C)c2)C1. The van der Waals surface area contributed by atoms with Gasteiger partial charge in [-0.25, -0.2) is 0 Å². The molecular formula is C16H27N3. The molecule has 0 spiro atoms. The van der Waals surface area contributed by atoms with E-state index in [0.717, 1.165) is 31.4 Å². The number of likely N-dealkylation sites (tertiary alicyclic amines) is 1. The quantitative estimate of drug-likeness (QED) is 0.827. The number of anilines is 1. The van der Waals surface area contributed by atoms with Crippen LogP contribution in [0.25, 0.3) is 0 Å². The Morgan fingerprint density at radius 3 is 2.68 bits per heavy atom. The fraction of sp³-hybridized carbons (Fsp3) is 0.625. The predicted molar refractivity (Wildman–Crippen MR) is 82.2 cm³/mol. The van der Waals surface area contributed by atoms with Crippen LogP contribution in [0.1, 0.15) is 31.4 Å². The molecule has 106 valence electrons. The summed E-state index contributed by atoms with van der Waals surface area (Å²) >= 11 is 0. The summed E-state index contributed by atoms with van der Waals surface area (Å²) in [5.74, 6) is 0. The number of benzene rings is 1. The highest BCUT2D eigenvalue weighted by atomic mass is 15.2. The molecule has 0 amide bonds. The van der Waals surface area contributed by atoms with Crippen molar-refractivity contribution in [3.05, 3.63) is 29.3 Å². The zero-order valence-corrected chi connectivity index (χ0v) is 12.5. The van der Waals surface area contributed by atoms with E-state index in [1.165, 1.54) is 30.6 Å². The third-order valence-corrected chi connectivity index (χ3v) is 4.32. The molecule has 0 bridgehead atoms. The van der Waals surface area contributed by atoms with Gasteiger partial charge in [-0.15, -0.1) is 0 Å². The van der Waals surface area contributed by atoms with E-state index in [2.05, 4.69) is 42.7 Å². The lowest BCUT2D eigenvalue weighted by Crippen LogP contribution is -2.37. The fourth-order valence-corrected chi connectivity index (χ4v) is 3.09. The van der Waals surface area contributed by atoms with Crippen molar-refractivity contribution in [1.29, 1.82) is 0 Å². The first-order valence-corrected chi connectivity index (χ1v) is 7.45. The summed E-state index contributed by atoms with van der Waals surface area (Å²) in [6.45, 7) is 12.4. The summed E-state index contributed by atoms with van der Waals surface area (Å²) in [6, 6.07) is 7.15. The number of hydrogen-bond donors (Lipinski definition) is 1. The minimum atomic E-state index is 0.741. The zero-order valence-electron chi connectivity index (χ0n) is 12.5. The summed E-state index contributed by atoms with van der Waals surface area (Å²) in [5.41, 5.74) is 9.34. The fourth-order valence-electron chi connectivity index (χ4n) is 3.09. The molecule has 1 atom stereocenters. The normalized spacial score (nSPS) is 20.3. The van der Waals surface area contributed by atoms with Gasteiger partial charge in [0.1, 0.15) is 0 Å². The third-order valence-electron chi connectivity index (χ3n) is 4.32. The first kappa shape index (κ1) is 14.4. The first-order valence-electron chi connectivity index (χ1n) is 7.45. The Kier molecular flexibility index (Phi) is 4.83. The van der Waals surface area contributed by atoms with Gasteiger partial charge in [-0.05, 0) is 43.6 Å². The van der Waals surface area contributed by atoms with Crippen LogP contribution in [0.15, 0.2) is 18.2 Å². The molecule has 0 aromatic heterocycles. The molecule has 2 rings (SSSR count). The van der Waals surface area contributed by atoms with E-state index >= 15 is 0 Å². The van der Waals surface area contributed by atoms with Crippen LogP contribution >= 0.6 is 0 Å². The molecule has 1 aliphatic heterocycles. The van der Waals surface area contributed by atoms with Crippen molar-refractivity contribution in [2.75, 3.05) is 31.9 Å². The average molecular weight is 261 g/mol. The molecule has 0 saturated carbocycles. The van der Waals surface area contributed by atoms with Gasteiger partial charge in [0.05, 0.1) is 0 Å². The second-order valence-electron chi connectivity index (χ2n) is 5.59. The predicted octanol–water partition coefficient (Wildman–Crippen LogP) is 2.49. The summed E-state index contributed by atoms with van der Waals surface area (Å²) in [4.78, 5) is 5.14. The summed E-state index contributed by atoms with van der Waals surface area (Å²) in [5, 5.41) is 0. The number of hydrogen-bond acceptors (Lipinski definition) is 3. The van der Waals surface area contributed by atoms with Crippen molar-refractivity contribution in [2.45, 2.75) is 39.8 Å².